The van der Waals surface area contributed by atoms with Crippen LogP contribution in [-0.4, -0.2) is 15.7 Å². The van der Waals surface area contributed by atoms with Gasteiger partial charge in [-0.05, 0) is 48.9 Å². The summed E-state index contributed by atoms with van der Waals surface area (Å²) in [7, 11) is 0. The van der Waals surface area contributed by atoms with E-state index in [1.54, 1.807) is 12.1 Å². The molecule has 0 unspecified atom stereocenters. The number of hydrogen-bond acceptors (Lipinski definition) is 4. The third-order valence-corrected chi connectivity index (χ3v) is 5.01. The van der Waals surface area contributed by atoms with Gasteiger partial charge >= 0.3 is 0 Å². The van der Waals surface area contributed by atoms with Crippen LogP contribution in [0.3, 0.4) is 0 Å². The Morgan fingerprint density at radius 1 is 1.10 bits per heavy atom. The van der Waals surface area contributed by atoms with E-state index < -0.39 is 0 Å². The summed E-state index contributed by atoms with van der Waals surface area (Å²) < 4.78 is 14.1. The van der Waals surface area contributed by atoms with Gasteiger partial charge in [0, 0.05) is 16.2 Å². The first-order chi connectivity index (χ1) is 14.6. The Kier molecular flexibility index (Phi) is 5.99. The number of anilines is 1. The molecule has 0 fully saturated rings. The monoisotopic (exact) mass is 465 g/mol. The number of carbonyl (C=O) groups is 1. The van der Waals surface area contributed by atoms with E-state index in [9.17, 15) is 4.79 Å². The van der Waals surface area contributed by atoms with Crippen LogP contribution >= 0.6 is 15.9 Å². The first kappa shape index (κ1) is 20.0. The van der Waals surface area contributed by atoms with Crippen LogP contribution in [0.4, 0.5) is 5.82 Å². The summed E-state index contributed by atoms with van der Waals surface area (Å²) in [5, 5.41) is 7.26. The SMILES string of the molecule is Cc1cc(NC(=O)c2ccc(COc3ccc(Br)cc3)o2)nn1Cc1ccccc1. The Bertz CT molecular complexity index is 1130. The number of benzene rings is 2. The Hall–Kier alpha value is -3.32. The molecule has 30 heavy (non-hydrogen) atoms. The third-order valence-electron chi connectivity index (χ3n) is 4.48. The molecule has 0 saturated heterocycles. The van der Waals surface area contributed by atoms with Crippen molar-refractivity contribution in [3.63, 3.8) is 0 Å². The predicted molar refractivity (Wildman–Crippen MR) is 118 cm³/mol. The van der Waals surface area contributed by atoms with E-state index >= 15 is 0 Å². The smallest absolute Gasteiger partial charge is 0.292 e. The molecule has 0 aliphatic rings. The van der Waals surface area contributed by atoms with Crippen molar-refractivity contribution in [3.8, 4) is 5.75 Å². The zero-order valence-corrected chi connectivity index (χ0v) is 17.9. The van der Waals surface area contributed by atoms with Gasteiger partial charge in [0.05, 0.1) is 6.54 Å². The summed E-state index contributed by atoms with van der Waals surface area (Å²) in [5.41, 5.74) is 2.10. The number of amides is 1. The van der Waals surface area contributed by atoms with Crippen LogP contribution < -0.4 is 10.1 Å². The van der Waals surface area contributed by atoms with Crippen molar-refractivity contribution >= 4 is 27.7 Å². The molecule has 6 nitrogen and oxygen atoms in total. The number of rotatable bonds is 7. The fraction of sp³-hybridized carbons (Fsp3) is 0.130. The number of nitrogens with zero attached hydrogens (tertiary/aromatic N) is 2. The Morgan fingerprint density at radius 3 is 2.63 bits per heavy atom. The average Bonchev–Trinajstić information content (AvgIpc) is 3.35. The van der Waals surface area contributed by atoms with E-state index in [1.165, 1.54) is 0 Å². The summed E-state index contributed by atoms with van der Waals surface area (Å²) in [6, 6.07) is 22.7. The Labute approximate surface area is 182 Å². The molecule has 0 aliphatic carbocycles. The van der Waals surface area contributed by atoms with Gasteiger partial charge < -0.3 is 14.5 Å². The number of halogens is 1. The number of furan rings is 1. The van der Waals surface area contributed by atoms with E-state index in [0.29, 0.717) is 18.1 Å². The largest absolute Gasteiger partial charge is 0.486 e. The topological polar surface area (TPSA) is 69.3 Å². The van der Waals surface area contributed by atoms with Gasteiger partial charge in [0.25, 0.3) is 5.91 Å². The number of ether oxygens (including phenoxy) is 1. The van der Waals surface area contributed by atoms with E-state index in [1.807, 2.05) is 72.3 Å². The van der Waals surface area contributed by atoms with Crippen molar-refractivity contribution in [3.05, 3.63) is 100 Å². The third kappa shape index (κ3) is 4.99. The molecule has 2 heterocycles. The molecule has 1 amide bonds. The second-order valence-corrected chi connectivity index (χ2v) is 7.69. The zero-order valence-electron chi connectivity index (χ0n) is 16.3. The van der Waals surface area contributed by atoms with Crippen molar-refractivity contribution in [2.75, 3.05) is 5.32 Å². The van der Waals surface area contributed by atoms with Gasteiger partial charge in [0.2, 0.25) is 0 Å². The van der Waals surface area contributed by atoms with Crippen molar-refractivity contribution in [1.82, 2.24) is 9.78 Å². The van der Waals surface area contributed by atoms with Gasteiger partial charge in [-0.1, -0.05) is 46.3 Å². The van der Waals surface area contributed by atoms with Crippen molar-refractivity contribution < 1.29 is 13.9 Å². The maximum atomic E-state index is 12.5. The molecule has 7 heteroatoms. The quantitative estimate of drug-likeness (QED) is 0.395. The van der Waals surface area contributed by atoms with E-state index in [0.717, 1.165) is 21.5 Å². The van der Waals surface area contributed by atoms with Crippen LogP contribution in [-0.2, 0) is 13.2 Å². The van der Waals surface area contributed by atoms with Crippen LogP contribution in [0.5, 0.6) is 5.75 Å². The maximum absolute atomic E-state index is 12.5. The van der Waals surface area contributed by atoms with Crippen LogP contribution in [0, 0.1) is 6.92 Å². The molecule has 0 bridgehead atoms. The van der Waals surface area contributed by atoms with Gasteiger partial charge in [-0.25, -0.2) is 0 Å². The Balaban J connectivity index is 1.36. The van der Waals surface area contributed by atoms with Crippen molar-refractivity contribution in [1.29, 1.82) is 0 Å². The minimum absolute atomic E-state index is 0.208. The lowest BCUT2D eigenvalue weighted by atomic mass is 10.2. The fourth-order valence-corrected chi connectivity index (χ4v) is 3.19. The van der Waals surface area contributed by atoms with Gasteiger partial charge in [0.15, 0.2) is 11.6 Å². The maximum Gasteiger partial charge on any atom is 0.292 e. The molecule has 0 aliphatic heterocycles. The highest BCUT2D eigenvalue weighted by Gasteiger charge is 2.14. The molecule has 2 aromatic carbocycles. The van der Waals surface area contributed by atoms with Crippen LogP contribution in [0.15, 0.2) is 81.7 Å². The normalized spacial score (nSPS) is 10.7. The summed E-state index contributed by atoms with van der Waals surface area (Å²) in [6.07, 6.45) is 0. The lowest BCUT2D eigenvalue weighted by molar-refractivity contribution is 0.0992. The molecule has 4 rings (SSSR count). The fourth-order valence-electron chi connectivity index (χ4n) is 2.93. The summed E-state index contributed by atoms with van der Waals surface area (Å²) >= 11 is 3.39. The van der Waals surface area contributed by atoms with Crippen LogP contribution in [0.1, 0.15) is 27.6 Å². The first-order valence-electron chi connectivity index (χ1n) is 9.43. The molecule has 152 valence electrons. The van der Waals surface area contributed by atoms with Gasteiger partial charge in [0.1, 0.15) is 18.1 Å². The second-order valence-electron chi connectivity index (χ2n) is 6.78. The Morgan fingerprint density at radius 2 is 1.87 bits per heavy atom. The van der Waals surface area contributed by atoms with Gasteiger partial charge in [-0.3, -0.25) is 9.48 Å². The van der Waals surface area contributed by atoms with Gasteiger partial charge in [-0.2, -0.15) is 5.10 Å². The number of hydrogen-bond donors (Lipinski definition) is 1. The summed E-state index contributed by atoms with van der Waals surface area (Å²) in [4.78, 5) is 12.5. The minimum atomic E-state index is -0.353. The number of carbonyl (C=O) groups excluding carboxylic acids is 1. The van der Waals surface area contributed by atoms with Gasteiger partial charge in [-0.15, -0.1) is 0 Å². The predicted octanol–water partition coefficient (Wildman–Crippen LogP) is 5.43. The molecular weight excluding hydrogens is 446 g/mol. The average molecular weight is 466 g/mol. The van der Waals surface area contributed by atoms with Crippen molar-refractivity contribution in [2.24, 2.45) is 0 Å². The van der Waals surface area contributed by atoms with E-state index in [2.05, 4.69) is 26.3 Å². The van der Waals surface area contributed by atoms with Crippen LogP contribution in [0.25, 0.3) is 0 Å². The number of aryl methyl sites for hydroxylation is 1. The molecule has 0 atom stereocenters. The molecule has 0 spiro atoms. The molecule has 0 radical (unpaired) electrons. The second kappa shape index (κ2) is 9.00. The van der Waals surface area contributed by atoms with Crippen LogP contribution in [0.2, 0.25) is 0 Å². The first-order valence-corrected chi connectivity index (χ1v) is 10.2. The summed E-state index contributed by atoms with van der Waals surface area (Å²) in [6.45, 7) is 2.83. The molecule has 2 aromatic heterocycles. The molecule has 1 N–H and O–H groups in total. The lowest BCUT2D eigenvalue weighted by Crippen LogP contribution is -2.12. The standard InChI is InChI=1S/C23H20BrN3O3/c1-16-13-22(26-27(16)14-17-5-3-2-4-6-17)25-23(28)21-12-11-20(30-21)15-29-19-9-7-18(24)8-10-19/h2-13H,14-15H2,1H3,(H,25,26,28). The molecule has 4 aromatic rings. The summed E-state index contributed by atoms with van der Waals surface area (Å²) in [5.74, 6) is 1.63. The van der Waals surface area contributed by atoms with E-state index in [-0.39, 0.29) is 18.3 Å². The highest BCUT2D eigenvalue weighted by molar-refractivity contribution is 9.10. The molecular formula is C23H20BrN3O3. The minimum Gasteiger partial charge on any atom is -0.486 e. The molecule has 0 saturated carbocycles. The van der Waals surface area contributed by atoms with E-state index in [4.69, 9.17) is 9.15 Å². The highest BCUT2D eigenvalue weighted by Crippen LogP contribution is 2.19. The number of aromatic nitrogens is 2. The lowest BCUT2D eigenvalue weighted by Gasteiger charge is -2.04. The zero-order chi connectivity index (χ0) is 20.9. The number of nitrogens with one attached hydrogen (secondary N) is 1. The van der Waals surface area contributed by atoms with Crippen molar-refractivity contribution in [2.45, 2.75) is 20.1 Å². The highest BCUT2D eigenvalue weighted by atomic mass is 79.9.